The van der Waals surface area contributed by atoms with E-state index in [0.717, 1.165) is 16.6 Å². The standard InChI is InChI=1S/C17H14ClNO/c1-2-13-16(18)14-10-6-7-11-15(14)19(17(13)20)12-8-4-3-5-9-12/h3-11H,2H2,1H3. The molecule has 0 bridgehead atoms. The second-order valence-corrected chi connectivity index (χ2v) is 5.02. The van der Waals surface area contributed by atoms with Gasteiger partial charge in [-0.25, -0.2) is 0 Å². The molecule has 1 aromatic heterocycles. The van der Waals surface area contributed by atoms with E-state index < -0.39 is 0 Å². The minimum Gasteiger partial charge on any atom is -0.277 e. The van der Waals surface area contributed by atoms with Gasteiger partial charge in [-0.15, -0.1) is 0 Å². The van der Waals surface area contributed by atoms with E-state index in [1.807, 2.05) is 61.5 Å². The Morgan fingerprint density at radius 1 is 1.00 bits per heavy atom. The van der Waals surface area contributed by atoms with Crippen molar-refractivity contribution in [3.8, 4) is 5.69 Å². The molecule has 0 aliphatic rings. The molecular formula is C17H14ClNO. The predicted octanol–water partition coefficient (Wildman–Crippen LogP) is 4.21. The van der Waals surface area contributed by atoms with Crippen molar-refractivity contribution < 1.29 is 0 Å². The molecule has 3 rings (SSSR count). The number of benzene rings is 2. The lowest BCUT2D eigenvalue weighted by Crippen LogP contribution is -2.23. The minimum atomic E-state index is -0.0394. The molecule has 0 atom stereocenters. The van der Waals surface area contributed by atoms with E-state index in [2.05, 4.69) is 0 Å². The third-order valence-corrected chi connectivity index (χ3v) is 3.91. The van der Waals surface area contributed by atoms with Gasteiger partial charge in [0, 0.05) is 16.6 Å². The Morgan fingerprint density at radius 3 is 2.35 bits per heavy atom. The molecule has 2 aromatic carbocycles. The van der Waals surface area contributed by atoms with Gasteiger partial charge >= 0.3 is 0 Å². The van der Waals surface area contributed by atoms with E-state index in [-0.39, 0.29) is 5.56 Å². The van der Waals surface area contributed by atoms with Crippen LogP contribution in [-0.4, -0.2) is 4.57 Å². The van der Waals surface area contributed by atoms with E-state index in [1.165, 1.54) is 0 Å². The molecule has 0 aliphatic heterocycles. The summed E-state index contributed by atoms with van der Waals surface area (Å²) in [5.41, 5.74) is 2.32. The third kappa shape index (κ3) is 1.93. The fourth-order valence-electron chi connectivity index (χ4n) is 2.49. The van der Waals surface area contributed by atoms with Crippen molar-refractivity contribution in [2.45, 2.75) is 13.3 Å². The first kappa shape index (κ1) is 12.9. The number of rotatable bonds is 2. The minimum absolute atomic E-state index is 0.0394. The summed E-state index contributed by atoms with van der Waals surface area (Å²) in [6.45, 7) is 1.95. The number of hydrogen-bond donors (Lipinski definition) is 0. The maximum absolute atomic E-state index is 12.7. The molecule has 3 aromatic rings. The van der Waals surface area contributed by atoms with Gasteiger partial charge in [-0.05, 0) is 24.6 Å². The molecule has 0 amide bonds. The first-order chi connectivity index (χ1) is 9.74. The highest BCUT2D eigenvalue weighted by atomic mass is 35.5. The van der Waals surface area contributed by atoms with Crippen LogP contribution < -0.4 is 5.56 Å². The molecule has 20 heavy (non-hydrogen) atoms. The lowest BCUT2D eigenvalue weighted by atomic mass is 10.1. The van der Waals surface area contributed by atoms with Gasteiger partial charge in [0.15, 0.2) is 0 Å². The number of aromatic nitrogens is 1. The Labute approximate surface area is 122 Å². The molecule has 3 heteroatoms. The van der Waals surface area contributed by atoms with Gasteiger partial charge in [0.25, 0.3) is 5.56 Å². The van der Waals surface area contributed by atoms with Gasteiger partial charge in [-0.3, -0.25) is 9.36 Å². The summed E-state index contributed by atoms with van der Waals surface area (Å²) in [4.78, 5) is 12.7. The van der Waals surface area contributed by atoms with Crippen molar-refractivity contribution >= 4 is 22.5 Å². The van der Waals surface area contributed by atoms with Crippen LogP contribution in [0.2, 0.25) is 5.02 Å². The van der Waals surface area contributed by atoms with Crippen LogP contribution in [0.4, 0.5) is 0 Å². The number of halogens is 1. The summed E-state index contributed by atoms with van der Waals surface area (Å²) in [5, 5.41) is 1.48. The van der Waals surface area contributed by atoms with Crippen molar-refractivity contribution in [2.75, 3.05) is 0 Å². The molecule has 0 N–H and O–H groups in total. The van der Waals surface area contributed by atoms with Crippen molar-refractivity contribution in [3.05, 3.63) is 75.5 Å². The third-order valence-electron chi connectivity index (χ3n) is 3.48. The van der Waals surface area contributed by atoms with Crippen LogP contribution in [0, 0.1) is 0 Å². The van der Waals surface area contributed by atoms with Gasteiger partial charge in [0.05, 0.1) is 10.5 Å². The van der Waals surface area contributed by atoms with Crippen LogP contribution >= 0.6 is 11.6 Å². The molecule has 0 saturated carbocycles. The maximum Gasteiger partial charge on any atom is 0.260 e. The van der Waals surface area contributed by atoms with Gasteiger partial charge in [0.2, 0.25) is 0 Å². The number of para-hydroxylation sites is 2. The maximum atomic E-state index is 12.7. The molecule has 0 aliphatic carbocycles. The highest BCUT2D eigenvalue weighted by molar-refractivity contribution is 6.36. The molecule has 2 nitrogen and oxygen atoms in total. The van der Waals surface area contributed by atoms with E-state index in [9.17, 15) is 4.79 Å². The number of fused-ring (bicyclic) bond motifs is 1. The van der Waals surface area contributed by atoms with E-state index >= 15 is 0 Å². The first-order valence-corrected chi connectivity index (χ1v) is 6.99. The summed E-state index contributed by atoms with van der Waals surface area (Å²) in [6, 6.07) is 17.4. The van der Waals surface area contributed by atoms with Crippen LogP contribution in [0.5, 0.6) is 0 Å². The van der Waals surface area contributed by atoms with Crippen LogP contribution in [0.3, 0.4) is 0 Å². The molecule has 0 radical (unpaired) electrons. The summed E-state index contributed by atoms with van der Waals surface area (Å²) in [7, 11) is 0. The van der Waals surface area contributed by atoms with E-state index in [0.29, 0.717) is 17.0 Å². The zero-order valence-corrected chi connectivity index (χ0v) is 11.9. The molecule has 0 unspecified atom stereocenters. The van der Waals surface area contributed by atoms with Gasteiger partial charge in [-0.2, -0.15) is 0 Å². The molecule has 0 spiro atoms. The van der Waals surface area contributed by atoms with Crippen molar-refractivity contribution in [2.24, 2.45) is 0 Å². The predicted molar refractivity (Wildman–Crippen MR) is 83.9 cm³/mol. The number of nitrogens with zero attached hydrogens (tertiary/aromatic N) is 1. The van der Waals surface area contributed by atoms with Crippen LogP contribution in [-0.2, 0) is 6.42 Å². The van der Waals surface area contributed by atoms with Crippen molar-refractivity contribution in [3.63, 3.8) is 0 Å². The fourth-order valence-corrected chi connectivity index (χ4v) is 2.87. The zero-order valence-electron chi connectivity index (χ0n) is 11.1. The molecular weight excluding hydrogens is 270 g/mol. The fraction of sp³-hybridized carbons (Fsp3) is 0.118. The Bertz CT molecular complexity index is 822. The number of hydrogen-bond acceptors (Lipinski definition) is 1. The van der Waals surface area contributed by atoms with E-state index in [4.69, 9.17) is 11.6 Å². The lowest BCUT2D eigenvalue weighted by molar-refractivity contribution is 0.979. The zero-order chi connectivity index (χ0) is 14.1. The molecule has 100 valence electrons. The Balaban J connectivity index is 2.51. The topological polar surface area (TPSA) is 22.0 Å². The van der Waals surface area contributed by atoms with Crippen LogP contribution in [0.15, 0.2) is 59.4 Å². The average molecular weight is 284 g/mol. The quantitative estimate of drug-likeness (QED) is 0.691. The Kier molecular flexibility index (Phi) is 3.33. The highest BCUT2D eigenvalue weighted by Crippen LogP contribution is 2.26. The average Bonchev–Trinajstić information content (AvgIpc) is 2.49. The largest absolute Gasteiger partial charge is 0.277 e. The van der Waals surface area contributed by atoms with E-state index in [1.54, 1.807) is 4.57 Å². The highest BCUT2D eigenvalue weighted by Gasteiger charge is 2.14. The molecule has 1 heterocycles. The SMILES string of the molecule is CCc1c(Cl)c2ccccc2n(-c2ccccc2)c1=O. The normalized spacial score (nSPS) is 10.9. The molecule has 0 fully saturated rings. The summed E-state index contributed by atoms with van der Waals surface area (Å²) in [6.07, 6.45) is 0.620. The lowest BCUT2D eigenvalue weighted by Gasteiger charge is -2.14. The Morgan fingerprint density at radius 2 is 1.65 bits per heavy atom. The van der Waals surface area contributed by atoms with Gasteiger partial charge in [-0.1, -0.05) is 54.9 Å². The van der Waals surface area contributed by atoms with Crippen LogP contribution in [0.1, 0.15) is 12.5 Å². The molecule has 0 saturated heterocycles. The monoisotopic (exact) mass is 283 g/mol. The second-order valence-electron chi connectivity index (χ2n) is 4.64. The van der Waals surface area contributed by atoms with Crippen molar-refractivity contribution in [1.82, 2.24) is 4.57 Å². The number of pyridine rings is 1. The van der Waals surface area contributed by atoms with Gasteiger partial charge < -0.3 is 0 Å². The first-order valence-electron chi connectivity index (χ1n) is 6.61. The van der Waals surface area contributed by atoms with Crippen LogP contribution in [0.25, 0.3) is 16.6 Å². The van der Waals surface area contributed by atoms with Crippen molar-refractivity contribution in [1.29, 1.82) is 0 Å². The van der Waals surface area contributed by atoms with Gasteiger partial charge in [0.1, 0.15) is 0 Å². The smallest absolute Gasteiger partial charge is 0.260 e. The summed E-state index contributed by atoms with van der Waals surface area (Å²) >= 11 is 6.39. The summed E-state index contributed by atoms with van der Waals surface area (Å²) < 4.78 is 1.74. The Hall–Kier alpha value is -2.06. The second kappa shape index (κ2) is 5.14. The summed E-state index contributed by atoms with van der Waals surface area (Å²) in [5.74, 6) is 0.